The highest BCUT2D eigenvalue weighted by atomic mass is 32.1. The molecule has 1 atom stereocenters. The van der Waals surface area contributed by atoms with Crippen LogP contribution in [-0.4, -0.2) is 41.0 Å². The van der Waals surface area contributed by atoms with E-state index in [-0.39, 0.29) is 27.9 Å². The van der Waals surface area contributed by atoms with E-state index in [0.29, 0.717) is 29.2 Å². The molecule has 202 valence electrons. The van der Waals surface area contributed by atoms with E-state index in [0.717, 1.165) is 28.9 Å². The molecule has 0 saturated carbocycles. The van der Waals surface area contributed by atoms with Gasteiger partial charge in [-0.05, 0) is 56.5 Å². The molecule has 0 spiro atoms. The number of rotatable bonds is 9. The Kier molecular flexibility index (Phi) is 8.30. The number of anilines is 1. The topological polar surface area (TPSA) is 106 Å². The third-order valence-electron chi connectivity index (χ3n) is 6.27. The molecule has 1 saturated heterocycles. The Balaban J connectivity index is 1.88. The molecular weight excluding hydrogens is 516 g/mol. The van der Waals surface area contributed by atoms with Gasteiger partial charge in [-0.15, -0.1) is 0 Å². The van der Waals surface area contributed by atoms with E-state index in [9.17, 15) is 19.5 Å². The van der Waals surface area contributed by atoms with Crippen LogP contribution in [0.4, 0.5) is 5.13 Å². The van der Waals surface area contributed by atoms with Crippen molar-refractivity contribution >= 4 is 39.9 Å². The van der Waals surface area contributed by atoms with Crippen LogP contribution >= 0.6 is 11.3 Å². The molecule has 2 heterocycles. The minimum atomic E-state index is -0.979. The van der Waals surface area contributed by atoms with Crippen molar-refractivity contribution in [3.63, 3.8) is 0 Å². The number of esters is 1. The van der Waals surface area contributed by atoms with Gasteiger partial charge in [-0.3, -0.25) is 14.5 Å². The fourth-order valence-corrected chi connectivity index (χ4v) is 5.31. The lowest BCUT2D eigenvalue weighted by Crippen LogP contribution is -2.29. The molecule has 1 N–H and O–H groups in total. The Bertz CT molecular complexity index is 1470. The van der Waals surface area contributed by atoms with Crippen molar-refractivity contribution in [1.82, 2.24) is 4.98 Å². The van der Waals surface area contributed by atoms with E-state index < -0.39 is 23.7 Å². The maximum atomic E-state index is 13.5. The summed E-state index contributed by atoms with van der Waals surface area (Å²) in [6, 6.07) is 11.6. The fraction of sp³-hybridized carbons (Fsp3) is 0.267. The predicted octanol–water partition coefficient (Wildman–Crippen LogP) is 5.83. The Morgan fingerprint density at radius 2 is 1.87 bits per heavy atom. The lowest BCUT2D eigenvalue weighted by molar-refractivity contribution is -0.132. The highest BCUT2D eigenvalue weighted by molar-refractivity contribution is 7.17. The van der Waals surface area contributed by atoms with Gasteiger partial charge in [0.15, 0.2) is 5.13 Å². The van der Waals surface area contributed by atoms with Gasteiger partial charge in [0.05, 0.1) is 23.9 Å². The van der Waals surface area contributed by atoms with Crippen molar-refractivity contribution < 1.29 is 29.0 Å². The van der Waals surface area contributed by atoms with Crippen LogP contribution in [0.1, 0.15) is 57.0 Å². The minimum Gasteiger partial charge on any atom is -0.507 e. The number of aryl methyl sites for hydroxylation is 3. The van der Waals surface area contributed by atoms with E-state index in [1.165, 1.54) is 11.0 Å². The number of hydrogen-bond donors (Lipinski definition) is 1. The molecular formula is C30H30N2O6S. The largest absolute Gasteiger partial charge is 0.507 e. The van der Waals surface area contributed by atoms with E-state index in [1.807, 2.05) is 32.9 Å². The number of ketones is 1. The first kappa shape index (κ1) is 27.8. The van der Waals surface area contributed by atoms with Gasteiger partial charge in [0.2, 0.25) is 0 Å². The second-order valence-electron chi connectivity index (χ2n) is 9.20. The van der Waals surface area contributed by atoms with E-state index in [2.05, 4.69) is 11.6 Å². The number of thiazole rings is 1. The van der Waals surface area contributed by atoms with Gasteiger partial charge in [0.1, 0.15) is 23.0 Å². The quantitative estimate of drug-likeness (QED) is 0.118. The third kappa shape index (κ3) is 5.49. The SMILES string of the molecule is C=CCOC(=O)c1sc(N2C(=O)C(=O)/C(=C(/O)c3cc(C)ccc3C)C2c2ccc(OCCC)cc2)nc1C. The highest BCUT2D eigenvalue weighted by Crippen LogP contribution is 2.44. The number of Topliss-reactive ketones (excluding diaryl/α,β-unsaturated/α-hetero) is 1. The molecule has 0 bridgehead atoms. The zero-order valence-electron chi connectivity index (χ0n) is 22.3. The van der Waals surface area contributed by atoms with Crippen molar-refractivity contribution in [2.45, 2.75) is 40.2 Å². The van der Waals surface area contributed by atoms with Crippen LogP contribution in [0, 0.1) is 20.8 Å². The molecule has 1 aliphatic heterocycles. The number of aliphatic hydroxyl groups is 1. The maximum absolute atomic E-state index is 13.5. The summed E-state index contributed by atoms with van der Waals surface area (Å²) in [6.45, 7) is 11.5. The number of carbonyl (C=O) groups is 3. The van der Waals surface area contributed by atoms with Crippen molar-refractivity contribution in [3.8, 4) is 5.75 Å². The molecule has 1 aliphatic rings. The van der Waals surface area contributed by atoms with Gasteiger partial charge >= 0.3 is 11.9 Å². The summed E-state index contributed by atoms with van der Waals surface area (Å²) >= 11 is 0.953. The molecule has 0 radical (unpaired) electrons. The van der Waals surface area contributed by atoms with Crippen LogP contribution in [-0.2, 0) is 14.3 Å². The molecule has 1 aromatic heterocycles. The molecule has 3 aromatic rings. The van der Waals surface area contributed by atoms with Crippen molar-refractivity contribution in [3.05, 3.63) is 93.5 Å². The number of aromatic nitrogens is 1. The first-order valence-corrected chi connectivity index (χ1v) is 13.4. The molecule has 39 heavy (non-hydrogen) atoms. The highest BCUT2D eigenvalue weighted by Gasteiger charge is 2.48. The molecule has 1 unspecified atom stereocenters. The Morgan fingerprint density at radius 3 is 2.54 bits per heavy atom. The third-order valence-corrected chi connectivity index (χ3v) is 7.41. The van der Waals surface area contributed by atoms with Gasteiger partial charge in [-0.25, -0.2) is 9.78 Å². The maximum Gasteiger partial charge on any atom is 0.350 e. The molecule has 1 fully saturated rings. The zero-order chi connectivity index (χ0) is 28.3. The second kappa shape index (κ2) is 11.7. The summed E-state index contributed by atoms with van der Waals surface area (Å²) in [5.74, 6) is -1.92. The Hall–Kier alpha value is -4.24. The van der Waals surface area contributed by atoms with Crippen LogP contribution < -0.4 is 9.64 Å². The number of aliphatic hydroxyl groups excluding tert-OH is 1. The summed E-state index contributed by atoms with van der Waals surface area (Å²) in [5.41, 5.74) is 2.99. The molecule has 9 heteroatoms. The number of benzene rings is 2. The van der Waals surface area contributed by atoms with Gasteiger partial charge < -0.3 is 14.6 Å². The zero-order valence-corrected chi connectivity index (χ0v) is 23.1. The summed E-state index contributed by atoms with van der Waals surface area (Å²) in [4.78, 5) is 45.5. The first-order valence-electron chi connectivity index (χ1n) is 12.5. The number of amides is 1. The summed E-state index contributed by atoms with van der Waals surface area (Å²) in [6.07, 6.45) is 2.30. The number of carbonyl (C=O) groups excluding carboxylic acids is 3. The smallest absolute Gasteiger partial charge is 0.350 e. The Morgan fingerprint density at radius 1 is 1.15 bits per heavy atom. The summed E-state index contributed by atoms with van der Waals surface area (Å²) in [5, 5.41) is 11.6. The fourth-order valence-electron chi connectivity index (χ4n) is 4.32. The van der Waals surface area contributed by atoms with Crippen LogP contribution in [0.3, 0.4) is 0 Å². The lowest BCUT2D eigenvalue weighted by atomic mass is 9.93. The number of nitrogens with zero attached hydrogens (tertiary/aromatic N) is 2. The molecule has 2 aromatic carbocycles. The van der Waals surface area contributed by atoms with E-state index in [1.54, 1.807) is 37.3 Å². The van der Waals surface area contributed by atoms with Gasteiger partial charge in [-0.1, -0.05) is 60.7 Å². The lowest BCUT2D eigenvalue weighted by Gasteiger charge is -2.23. The van der Waals surface area contributed by atoms with Gasteiger partial charge in [0.25, 0.3) is 5.78 Å². The van der Waals surface area contributed by atoms with Crippen molar-refractivity contribution in [2.24, 2.45) is 0 Å². The van der Waals surface area contributed by atoms with Crippen molar-refractivity contribution in [2.75, 3.05) is 18.1 Å². The van der Waals surface area contributed by atoms with Gasteiger partial charge in [-0.2, -0.15) is 0 Å². The van der Waals surface area contributed by atoms with E-state index >= 15 is 0 Å². The standard InChI is InChI=1S/C30H30N2O6S/c1-6-14-37-21-12-10-20(11-13-21)24-23(25(33)22-16-17(3)8-9-18(22)4)26(34)28(35)32(24)30-31-19(5)27(39-30)29(36)38-15-7-2/h7-13,16,24,33H,2,6,14-15H2,1,3-5H3/b25-23+. The summed E-state index contributed by atoms with van der Waals surface area (Å²) < 4.78 is 10.9. The molecule has 0 aliphatic carbocycles. The van der Waals surface area contributed by atoms with E-state index in [4.69, 9.17) is 9.47 Å². The van der Waals surface area contributed by atoms with Crippen LogP contribution in [0.15, 0.2) is 60.7 Å². The monoisotopic (exact) mass is 546 g/mol. The Labute approximate surface area is 231 Å². The van der Waals surface area contributed by atoms with Crippen LogP contribution in [0.2, 0.25) is 0 Å². The summed E-state index contributed by atoms with van der Waals surface area (Å²) in [7, 11) is 0. The number of ether oxygens (including phenoxy) is 2. The van der Waals surface area contributed by atoms with Crippen LogP contribution in [0.5, 0.6) is 5.75 Å². The molecule has 4 rings (SSSR count). The normalized spacial score (nSPS) is 16.4. The minimum absolute atomic E-state index is 0.0261. The molecule has 1 amide bonds. The average molecular weight is 547 g/mol. The van der Waals surface area contributed by atoms with Gasteiger partial charge in [0, 0.05) is 5.56 Å². The van der Waals surface area contributed by atoms with Crippen molar-refractivity contribution in [1.29, 1.82) is 0 Å². The predicted molar refractivity (Wildman–Crippen MR) is 150 cm³/mol. The average Bonchev–Trinajstić information content (AvgIpc) is 3.43. The second-order valence-corrected chi connectivity index (χ2v) is 10.2. The molecule has 8 nitrogen and oxygen atoms in total. The van der Waals surface area contributed by atoms with Crippen LogP contribution in [0.25, 0.3) is 5.76 Å². The first-order chi connectivity index (χ1) is 18.7. The number of hydrogen-bond acceptors (Lipinski definition) is 8.